The predicted molar refractivity (Wildman–Crippen MR) is 75.8 cm³/mol. The Hall–Kier alpha value is -1.72. The highest BCUT2D eigenvalue weighted by molar-refractivity contribution is 7.13. The lowest BCUT2D eigenvalue weighted by Crippen LogP contribution is -2.20. The Balaban J connectivity index is 2.46. The number of aromatic nitrogens is 1. The maximum Gasteiger partial charge on any atom is 0.347 e. The monoisotopic (exact) mass is 276 g/mol. The molecule has 19 heavy (non-hydrogen) atoms. The van der Waals surface area contributed by atoms with Crippen LogP contribution in [0, 0.1) is 6.92 Å². The Morgan fingerprint density at radius 1 is 1.32 bits per heavy atom. The normalized spacial score (nSPS) is 12.6. The van der Waals surface area contributed by atoms with Gasteiger partial charge < -0.3 is 5.11 Å². The van der Waals surface area contributed by atoms with E-state index in [0.29, 0.717) is 10.6 Å². The van der Waals surface area contributed by atoms with Crippen molar-refractivity contribution in [1.82, 2.24) is 9.88 Å². The summed E-state index contributed by atoms with van der Waals surface area (Å²) in [5, 5.41) is 9.94. The second-order valence-corrected chi connectivity index (χ2v) is 5.58. The summed E-state index contributed by atoms with van der Waals surface area (Å²) in [5.74, 6) is -0.910. The van der Waals surface area contributed by atoms with Crippen LogP contribution in [0.1, 0.15) is 32.0 Å². The number of carboxylic acid groups (broad SMARTS) is 1. The van der Waals surface area contributed by atoms with E-state index in [1.165, 1.54) is 11.3 Å². The predicted octanol–water partition coefficient (Wildman–Crippen LogP) is 2.80. The first-order valence-corrected chi connectivity index (χ1v) is 6.74. The molecule has 1 N–H and O–H groups in total. The quantitative estimate of drug-likeness (QED) is 0.933. The first-order chi connectivity index (χ1) is 9.00. The fourth-order valence-electron chi connectivity index (χ4n) is 2.03. The van der Waals surface area contributed by atoms with E-state index in [1.54, 1.807) is 6.92 Å². The Bertz CT molecular complexity index is 578. The van der Waals surface area contributed by atoms with Crippen molar-refractivity contribution in [2.75, 3.05) is 14.1 Å². The minimum atomic E-state index is -0.910. The molecule has 0 spiro atoms. The Morgan fingerprint density at radius 2 is 1.95 bits per heavy atom. The largest absolute Gasteiger partial charge is 0.477 e. The molecule has 0 amide bonds. The number of carbonyl (C=O) groups is 1. The maximum atomic E-state index is 11.1. The fraction of sp³-hybridized carbons (Fsp3) is 0.286. The number of carboxylic acids is 1. The molecule has 0 aliphatic rings. The van der Waals surface area contributed by atoms with Crippen molar-refractivity contribution in [3.63, 3.8) is 0 Å². The number of aromatic carboxylic acids is 1. The van der Waals surface area contributed by atoms with E-state index < -0.39 is 5.97 Å². The van der Waals surface area contributed by atoms with Gasteiger partial charge in [0.2, 0.25) is 0 Å². The van der Waals surface area contributed by atoms with Crippen LogP contribution in [0.3, 0.4) is 0 Å². The molecule has 4 nitrogen and oxygen atoms in total. The smallest absolute Gasteiger partial charge is 0.347 e. The Kier molecular flexibility index (Phi) is 3.97. The fourth-order valence-corrected chi connectivity index (χ4v) is 3.16. The van der Waals surface area contributed by atoms with E-state index in [4.69, 9.17) is 5.11 Å². The van der Waals surface area contributed by atoms with Crippen LogP contribution in [0.25, 0.3) is 0 Å². The highest BCUT2D eigenvalue weighted by atomic mass is 32.1. The van der Waals surface area contributed by atoms with Gasteiger partial charge in [-0.2, -0.15) is 0 Å². The Labute approximate surface area is 116 Å². The van der Waals surface area contributed by atoms with Gasteiger partial charge in [-0.3, -0.25) is 4.90 Å². The lowest BCUT2D eigenvalue weighted by atomic mass is 10.1. The van der Waals surface area contributed by atoms with Crippen LogP contribution >= 0.6 is 11.3 Å². The zero-order chi connectivity index (χ0) is 14.0. The number of aryl methyl sites for hydroxylation is 1. The van der Waals surface area contributed by atoms with Gasteiger partial charge >= 0.3 is 5.97 Å². The molecule has 5 heteroatoms. The zero-order valence-electron chi connectivity index (χ0n) is 11.1. The van der Waals surface area contributed by atoms with E-state index in [1.807, 2.05) is 49.3 Å². The van der Waals surface area contributed by atoms with Crippen molar-refractivity contribution in [3.8, 4) is 0 Å². The standard InChI is InChI=1S/C14H16N2O2S/c1-9-12(14(17)18)19-13(15-9)11(16(2)3)10-7-5-4-6-8-10/h4-8,11H,1-3H3,(H,17,18)/t11-/m1/s1. The van der Waals surface area contributed by atoms with E-state index in [2.05, 4.69) is 4.98 Å². The minimum absolute atomic E-state index is 0.0157. The average molecular weight is 276 g/mol. The van der Waals surface area contributed by atoms with E-state index in [9.17, 15) is 4.79 Å². The molecule has 2 aromatic rings. The molecule has 0 fully saturated rings. The Morgan fingerprint density at radius 3 is 2.42 bits per heavy atom. The first kappa shape index (κ1) is 13.7. The van der Waals surface area contributed by atoms with Crippen LogP contribution < -0.4 is 0 Å². The van der Waals surface area contributed by atoms with Gasteiger partial charge in [-0.1, -0.05) is 30.3 Å². The van der Waals surface area contributed by atoms with Crippen LogP contribution in [0.4, 0.5) is 0 Å². The second-order valence-electron chi connectivity index (χ2n) is 4.55. The number of hydrogen-bond acceptors (Lipinski definition) is 4. The molecule has 0 saturated heterocycles. The zero-order valence-corrected chi connectivity index (χ0v) is 11.9. The van der Waals surface area contributed by atoms with Crippen molar-refractivity contribution in [3.05, 3.63) is 51.5 Å². The molecule has 0 bridgehead atoms. The summed E-state index contributed by atoms with van der Waals surface area (Å²) in [4.78, 5) is 17.9. The lowest BCUT2D eigenvalue weighted by molar-refractivity contribution is 0.0701. The summed E-state index contributed by atoms with van der Waals surface area (Å²) < 4.78 is 0. The summed E-state index contributed by atoms with van der Waals surface area (Å²) in [6, 6.07) is 9.96. The summed E-state index contributed by atoms with van der Waals surface area (Å²) in [6.45, 7) is 1.74. The van der Waals surface area contributed by atoms with Crippen LogP contribution in [0.15, 0.2) is 30.3 Å². The average Bonchev–Trinajstić information content (AvgIpc) is 2.72. The van der Waals surface area contributed by atoms with Gasteiger partial charge in [0.05, 0.1) is 11.7 Å². The molecule has 1 aromatic carbocycles. The molecule has 0 saturated carbocycles. The third kappa shape index (κ3) is 2.83. The number of rotatable bonds is 4. The number of benzene rings is 1. The maximum absolute atomic E-state index is 11.1. The third-order valence-electron chi connectivity index (χ3n) is 2.87. The van der Waals surface area contributed by atoms with Gasteiger partial charge in [-0.25, -0.2) is 9.78 Å². The molecule has 0 unspecified atom stereocenters. The highest BCUT2D eigenvalue weighted by Crippen LogP contribution is 2.31. The van der Waals surface area contributed by atoms with Crippen molar-refractivity contribution >= 4 is 17.3 Å². The number of thiazole rings is 1. The highest BCUT2D eigenvalue weighted by Gasteiger charge is 2.23. The lowest BCUT2D eigenvalue weighted by Gasteiger charge is -2.22. The third-order valence-corrected chi connectivity index (χ3v) is 4.07. The number of hydrogen-bond donors (Lipinski definition) is 1. The van der Waals surface area contributed by atoms with Gasteiger partial charge in [-0.15, -0.1) is 11.3 Å². The topological polar surface area (TPSA) is 53.4 Å². The van der Waals surface area contributed by atoms with Crippen LogP contribution in [-0.4, -0.2) is 35.1 Å². The SMILES string of the molecule is Cc1nc([C@@H](c2ccccc2)N(C)C)sc1C(=O)O. The minimum Gasteiger partial charge on any atom is -0.477 e. The van der Waals surface area contributed by atoms with E-state index in [-0.39, 0.29) is 6.04 Å². The first-order valence-electron chi connectivity index (χ1n) is 5.92. The molecular weight excluding hydrogens is 260 g/mol. The summed E-state index contributed by atoms with van der Waals surface area (Å²) >= 11 is 1.25. The van der Waals surface area contributed by atoms with Crippen LogP contribution in [0.5, 0.6) is 0 Å². The summed E-state index contributed by atoms with van der Waals surface area (Å²) in [6.07, 6.45) is 0. The molecule has 100 valence electrons. The van der Waals surface area contributed by atoms with Gasteiger partial charge in [0.1, 0.15) is 9.88 Å². The summed E-state index contributed by atoms with van der Waals surface area (Å²) in [7, 11) is 3.93. The molecule has 0 aliphatic carbocycles. The van der Waals surface area contributed by atoms with Gasteiger partial charge in [-0.05, 0) is 26.6 Å². The van der Waals surface area contributed by atoms with Crippen LogP contribution in [-0.2, 0) is 0 Å². The van der Waals surface area contributed by atoms with Gasteiger partial charge in [0.25, 0.3) is 0 Å². The molecule has 0 radical (unpaired) electrons. The van der Waals surface area contributed by atoms with Crippen molar-refractivity contribution < 1.29 is 9.90 Å². The van der Waals surface area contributed by atoms with E-state index >= 15 is 0 Å². The van der Waals surface area contributed by atoms with E-state index in [0.717, 1.165) is 10.6 Å². The van der Waals surface area contributed by atoms with Crippen molar-refractivity contribution in [2.45, 2.75) is 13.0 Å². The molecule has 2 rings (SSSR count). The van der Waals surface area contributed by atoms with Crippen molar-refractivity contribution in [1.29, 1.82) is 0 Å². The molecule has 0 aliphatic heterocycles. The molecular formula is C14H16N2O2S. The summed E-state index contributed by atoms with van der Waals surface area (Å²) in [5.41, 5.74) is 1.69. The molecule has 1 aromatic heterocycles. The molecule has 1 atom stereocenters. The van der Waals surface area contributed by atoms with Crippen molar-refractivity contribution in [2.24, 2.45) is 0 Å². The molecule has 1 heterocycles. The van der Waals surface area contributed by atoms with Gasteiger partial charge in [0.15, 0.2) is 0 Å². The van der Waals surface area contributed by atoms with Crippen LogP contribution in [0.2, 0.25) is 0 Å². The number of nitrogens with zero attached hydrogens (tertiary/aromatic N) is 2. The second kappa shape index (κ2) is 5.50. The van der Waals surface area contributed by atoms with Gasteiger partial charge in [0, 0.05) is 0 Å².